The number of hydrogen-bond acceptors (Lipinski definition) is 4. The highest BCUT2D eigenvalue weighted by Gasteiger charge is 1.98. The zero-order valence-corrected chi connectivity index (χ0v) is 9.01. The monoisotopic (exact) mass is 214 g/mol. The molecule has 5 heteroatoms. The molecule has 14 heavy (non-hydrogen) atoms. The van der Waals surface area contributed by atoms with Crippen molar-refractivity contribution in [2.24, 2.45) is 0 Å². The molecule has 1 aromatic rings. The number of hydrogen-bond donors (Lipinski definition) is 2. The Labute approximate surface area is 88.9 Å². The maximum absolute atomic E-state index is 5.72. The first kappa shape index (κ1) is 11.0. The lowest BCUT2D eigenvalue weighted by Gasteiger charge is -2.05. The molecule has 0 aliphatic heterocycles. The number of nitrogens with two attached hydrogens (primary N) is 1. The van der Waals surface area contributed by atoms with Crippen LogP contribution >= 0.6 is 11.6 Å². The third kappa shape index (κ3) is 3.79. The highest BCUT2D eigenvalue weighted by atomic mass is 35.5. The van der Waals surface area contributed by atoms with Crippen molar-refractivity contribution in [1.29, 1.82) is 0 Å². The summed E-state index contributed by atoms with van der Waals surface area (Å²) in [6, 6.07) is 1.67. The Bertz CT molecular complexity index is 270. The van der Waals surface area contributed by atoms with E-state index in [0.29, 0.717) is 11.0 Å². The fourth-order valence-electron chi connectivity index (χ4n) is 1.12. The van der Waals surface area contributed by atoms with Gasteiger partial charge < -0.3 is 11.1 Å². The fraction of sp³-hybridized carbons (Fsp3) is 0.556. The molecule has 3 N–H and O–H groups in total. The molecule has 0 unspecified atom stereocenters. The van der Waals surface area contributed by atoms with Gasteiger partial charge in [-0.25, -0.2) is 4.98 Å². The van der Waals surface area contributed by atoms with E-state index in [0.717, 1.165) is 13.0 Å². The van der Waals surface area contributed by atoms with Crippen molar-refractivity contribution >= 4 is 23.4 Å². The van der Waals surface area contributed by atoms with Crippen LogP contribution in [0.2, 0.25) is 5.15 Å². The minimum Gasteiger partial charge on any atom is -0.370 e. The van der Waals surface area contributed by atoms with Crippen LogP contribution in [-0.2, 0) is 0 Å². The summed E-state index contributed by atoms with van der Waals surface area (Å²) in [7, 11) is 0. The molecule has 0 atom stereocenters. The molecule has 1 aromatic heterocycles. The molecule has 78 valence electrons. The van der Waals surface area contributed by atoms with Crippen molar-refractivity contribution in [2.75, 3.05) is 17.6 Å². The number of nitrogens with one attached hydrogen (secondary N) is 1. The van der Waals surface area contributed by atoms with Gasteiger partial charge in [0.15, 0.2) is 0 Å². The van der Waals surface area contributed by atoms with Gasteiger partial charge in [-0.2, -0.15) is 4.98 Å². The summed E-state index contributed by atoms with van der Waals surface area (Å²) < 4.78 is 0. The Morgan fingerprint density at radius 3 is 2.86 bits per heavy atom. The molecule has 0 aliphatic carbocycles. The van der Waals surface area contributed by atoms with Crippen LogP contribution < -0.4 is 11.1 Å². The average Bonchev–Trinajstić information content (AvgIpc) is 2.11. The topological polar surface area (TPSA) is 63.8 Å². The van der Waals surface area contributed by atoms with E-state index in [4.69, 9.17) is 17.3 Å². The smallest absolute Gasteiger partial charge is 0.223 e. The molecule has 0 saturated heterocycles. The minimum absolute atomic E-state index is 0.204. The van der Waals surface area contributed by atoms with Crippen LogP contribution in [-0.4, -0.2) is 16.5 Å². The minimum atomic E-state index is 0.204. The predicted molar refractivity (Wildman–Crippen MR) is 59.5 cm³/mol. The van der Waals surface area contributed by atoms with Gasteiger partial charge in [0.1, 0.15) is 11.0 Å². The van der Waals surface area contributed by atoms with E-state index >= 15 is 0 Å². The van der Waals surface area contributed by atoms with E-state index < -0.39 is 0 Å². The Kier molecular flexibility index (Phi) is 4.46. The van der Waals surface area contributed by atoms with E-state index in [2.05, 4.69) is 22.2 Å². The SMILES string of the molecule is CCCCCNc1cc(Cl)nc(N)n1. The van der Waals surface area contributed by atoms with Crippen LogP contribution in [0.4, 0.5) is 11.8 Å². The van der Waals surface area contributed by atoms with E-state index in [1.54, 1.807) is 6.07 Å². The summed E-state index contributed by atoms with van der Waals surface area (Å²) in [5, 5.41) is 3.52. The normalized spacial score (nSPS) is 10.1. The van der Waals surface area contributed by atoms with Crippen molar-refractivity contribution in [2.45, 2.75) is 26.2 Å². The Balaban J connectivity index is 2.42. The maximum atomic E-state index is 5.72. The molecular formula is C9H15ClN4. The van der Waals surface area contributed by atoms with Gasteiger partial charge in [-0.05, 0) is 6.42 Å². The van der Waals surface area contributed by atoms with Crippen LogP contribution in [0.15, 0.2) is 6.07 Å². The summed E-state index contributed by atoms with van der Waals surface area (Å²) in [6.07, 6.45) is 3.54. The van der Waals surface area contributed by atoms with Crippen molar-refractivity contribution in [3.8, 4) is 0 Å². The van der Waals surface area contributed by atoms with Crippen molar-refractivity contribution in [1.82, 2.24) is 9.97 Å². The molecule has 0 aliphatic rings. The molecule has 0 amide bonds. The molecule has 0 radical (unpaired) electrons. The van der Waals surface area contributed by atoms with E-state index in [9.17, 15) is 0 Å². The average molecular weight is 215 g/mol. The molecule has 4 nitrogen and oxygen atoms in total. The molecule has 0 aromatic carbocycles. The molecule has 0 spiro atoms. The van der Waals surface area contributed by atoms with E-state index in [-0.39, 0.29) is 5.95 Å². The standard InChI is InChI=1S/C9H15ClN4/c1-2-3-4-5-12-8-6-7(10)13-9(11)14-8/h6H,2-5H2,1H3,(H3,11,12,13,14). The molecule has 0 bridgehead atoms. The summed E-state index contributed by atoms with van der Waals surface area (Å²) in [6.45, 7) is 3.06. The Morgan fingerprint density at radius 2 is 2.21 bits per heavy atom. The van der Waals surface area contributed by atoms with Gasteiger partial charge in [-0.3, -0.25) is 0 Å². The zero-order chi connectivity index (χ0) is 10.4. The van der Waals surface area contributed by atoms with E-state index in [1.807, 2.05) is 0 Å². The fourth-order valence-corrected chi connectivity index (χ4v) is 1.31. The van der Waals surface area contributed by atoms with Crippen molar-refractivity contribution < 1.29 is 0 Å². The highest BCUT2D eigenvalue weighted by Crippen LogP contribution is 2.12. The second kappa shape index (κ2) is 5.65. The molecule has 0 saturated carbocycles. The molecule has 1 rings (SSSR count). The zero-order valence-electron chi connectivity index (χ0n) is 8.26. The van der Waals surface area contributed by atoms with Crippen LogP contribution in [0.25, 0.3) is 0 Å². The first-order valence-corrected chi connectivity index (χ1v) is 5.14. The van der Waals surface area contributed by atoms with Crippen molar-refractivity contribution in [3.05, 3.63) is 11.2 Å². The summed E-state index contributed by atoms with van der Waals surface area (Å²) >= 11 is 5.72. The van der Waals surface area contributed by atoms with Crippen LogP contribution in [0.5, 0.6) is 0 Å². The number of aromatic nitrogens is 2. The lowest BCUT2D eigenvalue weighted by atomic mass is 10.2. The Hall–Kier alpha value is -1.03. The first-order chi connectivity index (χ1) is 6.72. The lowest BCUT2D eigenvalue weighted by Crippen LogP contribution is -2.05. The van der Waals surface area contributed by atoms with Crippen LogP contribution in [0.3, 0.4) is 0 Å². The number of nitrogens with zero attached hydrogens (tertiary/aromatic N) is 2. The molecular weight excluding hydrogens is 200 g/mol. The number of rotatable bonds is 5. The molecule has 1 heterocycles. The number of halogens is 1. The summed E-state index contributed by atoms with van der Waals surface area (Å²) in [5.74, 6) is 0.897. The van der Waals surface area contributed by atoms with Gasteiger partial charge in [0.25, 0.3) is 0 Å². The summed E-state index contributed by atoms with van der Waals surface area (Å²) in [4.78, 5) is 7.77. The van der Waals surface area contributed by atoms with Crippen LogP contribution in [0, 0.1) is 0 Å². The van der Waals surface area contributed by atoms with Gasteiger partial charge in [-0.15, -0.1) is 0 Å². The quantitative estimate of drug-likeness (QED) is 0.583. The second-order valence-electron chi connectivity index (χ2n) is 3.07. The van der Waals surface area contributed by atoms with Gasteiger partial charge >= 0.3 is 0 Å². The Morgan fingerprint density at radius 1 is 1.43 bits per heavy atom. The van der Waals surface area contributed by atoms with Gasteiger partial charge in [0.2, 0.25) is 5.95 Å². The third-order valence-electron chi connectivity index (χ3n) is 1.80. The number of unbranched alkanes of at least 4 members (excludes halogenated alkanes) is 2. The highest BCUT2D eigenvalue weighted by molar-refractivity contribution is 6.29. The maximum Gasteiger partial charge on any atom is 0.223 e. The van der Waals surface area contributed by atoms with Gasteiger partial charge in [0.05, 0.1) is 0 Å². The second-order valence-corrected chi connectivity index (χ2v) is 3.46. The number of anilines is 2. The van der Waals surface area contributed by atoms with Crippen molar-refractivity contribution in [3.63, 3.8) is 0 Å². The number of nitrogen functional groups attached to an aromatic ring is 1. The van der Waals surface area contributed by atoms with Gasteiger partial charge in [-0.1, -0.05) is 31.4 Å². The third-order valence-corrected chi connectivity index (χ3v) is 1.99. The van der Waals surface area contributed by atoms with Crippen LogP contribution in [0.1, 0.15) is 26.2 Å². The predicted octanol–water partition coefficient (Wildman–Crippen LogP) is 2.31. The molecule has 0 fully saturated rings. The van der Waals surface area contributed by atoms with E-state index in [1.165, 1.54) is 12.8 Å². The first-order valence-electron chi connectivity index (χ1n) is 4.76. The lowest BCUT2D eigenvalue weighted by molar-refractivity contribution is 0.742. The largest absolute Gasteiger partial charge is 0.370 e. The summed E-state index contributed by atoms with van der Waals surface area (Å²) in [5.41, 5.74) is 5.44. The van der Waals surface area contributed by atoms with Gasteiger partial charge in [0, 0.05) is 12.6 Å².